The van der Waals surface area contributed by atoms with E-state index in [1.807, 2.05) is 4.90 Å². The summed E-state index contributed by atoms with van der Waals surface area (Å²) in [6.45, 7) is 4.12. The summed E-state index contributed by atoms with van der Waals surface area (Å²) >= 11 is 0. The monoisotopic (exact) mass is 379 g/mol. The van der Waals surface area contributed by atoms with Gasteiger partial charge in [0.25, 0.3) is 0 Å². The molecule has 0 aromatic heterocycles. The first-order valence-corrected chi connectivity index (χ1v) is 10.2. The number of aliphatic hydroxyl groups is 1. The van der Waals surface area contributed by atoms with Crippen LogP contribution in [0.5, 0.6) is 0 Å². The van der Waals surface area contributed by atoms with E-state index in [-0.39, 0.29) is 24.9 Å². The summed E-state index contributed by atoms with van der Waals surface area (Å²) < 4.78 is 0. The number of fused-ring (bicyclic) bond motifs is 1. The highest BCUT2D eigenvalue weighted by atomic mass is 16.3. The van der Waals surface area contributed by atoms with Crippen LogP contribution in [0.4, 0.5) is 0 Å². The van der Waals surface area contributed by atoms with Gasteiger partial charge in [-0.25, -0.2) is 0 Å². The molecule has 0 unspecified atom stereocenters. The maximum absolute atomic E-state index is 12.3. The van der Waals surface area contributed by atoms with Gasteiger partial charge in [-0.2, -0.15) is 0 Å². The molecule has 2 atom stereocenters. The molecular formula is C23H29N3O2. The minimum absolute atomic E-state index is 0.0620. The second kappa shape index (κ2) is 8.86. The van der Waals surface area contributed by atoms with Gasteiger partial charge in [-0.05, 0) is 11.1 Å². The van der Waals surface area contributed by atoms with Gasteiger partial charge in [0.1, 0.15) is 0 Å². The van der Waals surface area contributed by atoms with Gasteiger partial charge in [0, 0.05) is 57.1 Å². The van der Waals surface area contributed by atoms with Gasteiger partial charge in [0.2, 0.25) is 5.91 Å². The summed E-state index contributed by atoms with van der Waals surface area (Å²) in [6.07, 6.45) is 0.222. The largest absolute Gasteiger partial charge is 0.396 e. The molecule has 5 nitrogen and oxygen atoms in total. The molecule has 2 aliphatic heterocycles. The average molecular weight is 380 g/mol. The summed E-state index contributed by atoms with van der Waals surface area (Å²) in [5, 5.41) is 12.7. The predicted octanol–water partition coefficient (Wildman–Crippen LogP) is 1.69. The molecular weight excluding hydrogens is 350 g/mol. The molecule has 0 bridgehead atoms. The molecule has 0 saturated carbocycles. The Morgan fingerprint density at radius 3 is 2.25 bits per heavy atom. The zero-order chi connectivity index (χ0) is 19.3. The number of aliphatic hydroxyl groups excluding tert-OH is 1. The van der Waals surface area contributed by atoms with Crippen molar-refractivity contribution in [2.24, 2.45) is 0 Å². The summed E-state index contributed by atoms with van der Waals surface area (Å²) in [6, 6.07) is 22.2. The van der Waals surface area contributed by atoms with Crippen molar-refractivity contribution in [3.8, 4) is 0 Å². The lowest BCUT2D eigenvalue weighted by molar-refractivity contribution is -0.136. The molecule has 2 heterocycles. The van der Waals surface area contributed by atoms with Crippen molar-refractivity contribution in [3.05, 3.63) is 71.8 Å². The number of piperazine rings is 2. The fourth-order valence-electron chi connectivity index (χ4n) is 4.75. The van der Waals surface area contributed by atoms with Gasteiger partial charge >= 0.3 is 0 Å². The normalized spacial score (nSPS) is 22.9. The molecule has 2 N–H and O–H groups in total. The van der Waals surface area contributed by atoms with Crippen molar-refractivity contribution in [1.29, 1.82) is 0 Å². The van der Waals surface area contributed by atoms with Crippen molar-refractivity contribution in [1.82, 2.24) is 15.1 Å². The van der Waals surface area contributed by atoms with E-state index in [4.69, 9.17) is 5.11 Å². The molecule has 2 aromatic carbocycles. The minimum atomic E-state index is -0.0747. The second-order valence-electron chi connectivity index (χ2n) is 7.73. The standard InChI is InChI=1S/C23H29N3O2/c27-14-11-22(28)25-12-13-26-20(17-25)15-24-16-21(26)23(18-7-3-1-4-8-18)19-9-5-2-6-10-19/h1-10,20-21,23-24,27H,11-17H2/t20-,21+/m1/s1. The predicted molar refractivity (Wildman–Crippen MR) is 110 cm³/mol. The number of hydrogen-bond donors (Lipinski definition) is 2. The van der Waals surface area contributed by atoms with Crippen LogP contribution in [-0.2, 0) is 4.79 Å². The summed E-state index contributed by atoms with van der Waals surface area (Å²) in [5.41, 5.74) is 2.67. The van der Waals surface area contributed by atoms with E-state index >= 15 is 0 Å². The molecule has 148 valence electrons. The molecule has 5 heteroatoms. The van der Waals surface area contributed by atoms with Crippen LogP contribution in [0.2, 0.25) is 0 Å². The van der Waals surface area contributed by atoms with Crippen molar-refractivity contribution in [2.45, 2.75) is 24.4 Å². The molecule has 2 aromatic rings. The first-order valence-electron chi connectivity index (χ1n) is 10.2. The number of rotatable bonds is 5. The maximum Gasteiger partial charge on any atom is 0.224 e. The quantitative estimate of drug-likeness (QED) is 0.830. The van der Waals surface area contributed by atoms with Gasteiger partial charge in [0.05, 0.1) is 6.61 Å². The average Bonchev–Trinajstić information content (AvgIpc) is 2.75. The van der Waals surface area contributed by atoms with E-state index in [0.717, 1.165) is 32.7 Å². The van der Waals surface area contributed by atoms with Crippen LogP contribution in [0.25, 0.3) is 0 Å². The van der Waals surface area contributed by atoms with Crippen LogP contribution in [0, 0.1) is 0 Å². The third-order valence-electron chi connectivity index (χ3n) is 6.07. The number of nitrogens with one attached hydrogen (secondary N) is 1. The van der Waals surface area contributed by atoms with Gasteiger partial charge in [0.15, 0.2) is 0 Å². The Hall–Kier alpha value is -2.21. The maximum atomic E-state index is 12.3. The lowest BCUT2D eigenvalue weighted by Crippen LogP contribution is -2.66. The number of benzene rings is 2. The zero-order valence-corrected chi connectivity index (χ0v) is 16.2. The first-order chi connectivity index (χ1) is 13.8. The van der Waals surface area contributed by atoms with Gasteiger partial charge in [-0.1, -0.05) is 60.7 Å². The van der Waals surface area contributed by atoms with Gasteiger partial charge in [-0.3, -0.25) is 9.69 Å². The Labute approximate surface area is 167 Å². The highest BCUT2D eigenvalue weighted by molar-refractivity contribution is 5.76. The van der Waals surface area contributed by atoms with Crippen LogP contribution in [0.1, 0.15) is 23.5 Å². The number of carbonyl (C=O) groups is 1. The minimum Gasteiger partial charge on any atom is -0.396 e. The van der Waals surface area contributed by atoms with Crippen LogP contribution in [-0.4, -0.2) is 72.2 Å². The first kappa shape index (κ1) is 19.1. The molecule has 0 spiro atoms. The van der Waals surface area contributed by atoms with Crippen LogP contribution >= 0.6 is 0 Å². The molecule has 0 radical (unpaired) electrons. The molecule has 0 aliphatic carbocycles. The van der Waals surface area contributed by atoms with Gasteiger partial charge in [-0.15, -0.1) is 0 Å². The van der Waals surface area contributed by atoms with E-state index < -0.39 is 0 Å². The smallest absolute Gasteiger partial charge is 0.224 e. The number of nitrogens with zero attached hydrogens (tertiary/aromatic N) is 2. The summed E-state index contributed by atoms with van der Waals surface area (Å²) in [7, 11) is 0. The second-order valence-corrected chi connectivity index (χ2v) is 7.73. The zero-order valence-electron chi connectivity index (χ0n) is 16.2. The van der Waals surface area contributed by atoms with Crippen molar-refractivity contribution >= 4 is 5.91 Å². The molecule has 2 aliphatic rings. The Balaban J connectivity index is 1.60. The molecule has 2 fully saturated rings. The lowest BCUT2D eigenvalue weighted by atomic mass is 9.82. The summed E-state index contributed by atoms with van der Waals surface area (Å²) in [5.74, 6) is 0.351. The SMILES string of the molecule is O=C(CCO)N1CCN2[C@H](CNC[C@H]2C(c2ccccc2)c2ccccc2)C1. The van der Waals surface area contributed by atoms with Crippen molar-refractivity contribution in [2.75, 3.05) is 39.3 Å². The fraction of sp³-hybridized carbons (Fsp3) is 0.435. The lowest BCUT2D eigenvalue weighted by Gasteiger charge is -2.50. The highest BCUT2D eigenvalue weighted by Gasteiger charge is 2.40. The topological polar surface area (TPSA) is 55.8 Å². The summed E-state index contributed by atoms with van der Waals surface area (Å²) in [4.78, 5) is 16.8. The van der Waals surface area contributed by atoms with E-state index in [1.165, 1.54) is 11.1 Å². The number of carbonyl (C=O) groups excluding carboxylic acids is 1. The molecule has 28 heavy (non-hydrogen) atoms. The van der Waals surface area contributed by atoms with Crippen molar-refractivity contribution in [3.63, 3.8) is 0 Å². The van der Waals surface area contributed by atoms with Crippen molar-refractivity contribution < 1.29 is 9.90 Å². The van der Waals surface area contributed by atoms with E-state index in [0.29, 0.717) is 12.1 Å². The molecule has 1 amide bonds. The Bertz CT molecular complexity index is 728. The Morgan fingerprint density at radius 2 is 1.64 bits per heavy atom. The molecule has 2 saturated heterocycles. The highest BCUT2D eigenvalue weighted by Crippen LogP contribution is 2.33. The number of hydrogen-bond acceptors (Lipinski definition) is 4. The Morgan fingerprint density at radius 1 is 1.00 bits per heavy atom. The third kappa shape index (κ3) is 3.97. The fourth-order valence-corrected chi connectivity index (χ4v) is 4.75. The van der Waals surface area contributed by atoms with Gasteiger partial charge < -0.3 is 15.3 Å². The van der Waals surface area contributed by atoms with Crippen LogP contribution in [0.3, 0.4) is 0 Å². The van der Waals surface area contributed by atoms with Crippen LogP contribution < -0.4 is 5.32 Å². The van der Waals surface area contributed by atoms with E-state index in [9.17, 15) is 4.79 Å². The molecule has 4 rings (SSSR count). The Kier molecular flexibility index (Phi) is 6.05. The number of amides is 1. The van der Waals surface area contributed by atoms with E-state index in [1.54, 1.807) is 0 Å². The van der Waals surface area contributed by atoms with Crippen LogP contribution in [0.15, 0.2) is 60.7 Å². The third-order valence-corrected chi connectivity index (χ3v) is 6.07. The van der Waals surface area contributed by atoms with E-state index in [2.05, 4.69) is 70.9 Å².